The number of nitrogens with one attached hydrogen (secondary N) is 1. The highest BCUT2D eigenvalue weighted by molar-refractivity contribution is 5.83. The number of H-pyrrole nitrogens is 1. The maximum absolute atomic E-state index is 12.0. The number of rotatable bonds is 6. The Morgan fingerprint density at radius 2 is 1.61 bits per heavy atom. The van der Waals surface area contributed by atoms with E-state index in [1.54, 1.807) is 7.11 Å². The topological polar surface area (TPSA) is 55.0 Å². The van der Waals surface area contributed by atoms with E-state index in [1.807, 2.05) is 30.3 Å². The molecule has 4 heteroatoms. The SMILES string of the molecule is COc1cc(Cc2n[nH]c(=O)c3ccccc23)ccc1CCc1ccccc1. The molecule has 1 heterocycles. The second kappa shape index (κ2) is 8.09. The van der Waals surface area contributed by atoms with E-state index >= 15 is 0 Å². The predicted molar refractivity (Wildman–Crippen MR) is 112 cm³/mol. The summed E-state index contributed by atoms with van der Waals surface area (Å²) in [7, 11) is 1.71. The number of methoxy groups -OCH3 is 1. The molecule has 1 N–H and O–H groups in total. The Morgan fingerprint density at radius 1 is 0.857 bits per heavy atom. The van der Waals surface area contributed by atoms with Crippen LogP contribution in [0.15, 0.2) is 77.6 Å². The smallest absolute Gasteiger partial charge is 0.272 e. The van der Waals surface area contributed by atoms with E-state index in [-0.39, 0.29) is 5.56 Å². The summed E-state index contributed by atoms with van der Waals surface area (Å²) in [6.45, 7) is 0. The van der Waals surface area contributed by atoms with E-state index in [9.17, 15) is 4.79 Å². The van der Waals surface area contributed by atoms with Crippen molar-refractivity contribution in [2.24, 2.45) is 0 Å². The van der Waals surface area contributed by atoms with Crippen LogP contribution in [0.4, 0.5) is 0 Å². The largest absolute Gasteiger partial charge is 0.496 e. The summed E-state index contributed by atoms with van der Waals surface area (Å²) in [5, 5.41) is 8.44. The zero-order valence-corrected chi connectivity index (χ0v) is 15.8. The van der Waals surface area contributed by atoms with Gasteiger partial charge in [-0.1, -0.05) is 60.7 Å². The molecule has 4 nitrogen and oxygen atoms in total. The summed E-state index contributed by atoms with van der Waals surface area (Å²) in [4.78, 5) is 12.0. The molecule has 28 heavy (non-hydrogen) atoms. The molecule has 4 rings (SSSR count). The minimum absolute atomic E-state index is 0.159. The standard InChI is InChI=1S/C24H22N2O2/c1-28-23-16-18(12-14-19(23)13-11-17-7-3-2-4-8-17)15-22-20-9-5-6-10-21(20)24(27)26-25-22/h2-10,12,14,16H,11,13,15H2,1H3,(H,26,27). The maximum atomic E-state index is 12.0. The zero-order valence-electron chi connectivity index (χ0n) is 15.8. The second-order valence-electron chi connectivity index (χ2n) is 6.85. The summed E-state index contributed by atoms with van der Waals surface area (Å²) in [5.41, 5.74) is 4.31. The molecule has 0 saturated carbocycles. The first kappa shape index (κ1) is 18.0. The lowest BCUT2D eigenvalue weighted by Gasteiger charge is -2.11. The molecular weight excluding hydrogens is 348 g/mol. The highest BCUT2D eigenvalue weighted by atomic mass is 16.5. The molecule has 0 saturated heterocycles. The van der Waals surface area contributed by atoms with E-state index < -0.39 is 0 Å². The van der Waals surface area contributed by atoms with Crippen LogP contribution in [0.25, 0.3) is 10.8 Å². The number of hydrogen-bond acceptors (Lipinski definition) is 3. The van der Waals surface area contributed by atoms with Crippen LogP contribution in [-0.4, -0.2) is 17.3 Å². The first-order chi connectivity index (χ1) is 13.7. The normalized spacial score (nSPS) is 10.9. The number of aryl methyl sites for hydroxylation is 2. The third-order valence-electron chi connectivity index (χ3n) is 5.02. The summed E-state index contributed by atoms with van der Waals surface area (Å²) in [6, 6.07) is 24.3. The molecule has 0 bridgehead atoms. The summed E-state index contributed by atoms with van der Waals surface area (Å²) in [5.74, 6) is 0.891. The van der Waals surface area contributed by atoms with Crippen LogP contribution >= 0.6 is 0 Å². The molecule has 0 aliphatic heterocycles. The minimum Gasteiger partial charge on any atom is -0.496 e. The summed E-state index contributed by atoms with van der Waals surface area (Å²) in [6.07, 6.45) is 2.53. The van der Waals surface area contributed by atoms with Gasteiger partial charge >= 0.3 is 0 Å². The highest BCUT2D eigenvalue weighted by Crippen LogP contribution is 2.24. The predicted octanol–water partition coefficient (Wildman–Crippen LogP) is 4.31. The maximum Gasteiger partial charge on any atom is 0.272 e. The molecular formula is C24H22N2O2. The Morgan fingerprint density at radius 3 is 2.39 bits per heavy atom. The Kier molecular flexibility index (Phi) is 5.20. The molecule has 0 aliphatic carbocycles. The zero-order chi connectivity index (χ0) is 19.3. The number of aromatic nitrogens is 2. The third-order valence-corrected chi connectivity index (χ3v) is 5.02. The summed E-state index contributed by atoms with van der Waals surface area (Å²) >= 11 is 0. The van der Waals surface area contributed by atoms with Crippen molar-refractivity contribution in [3.63, 3.8) is 0 Å². The lowest BCUT2D eigenvalue weighted by Crippen LogP contribution is -2.11. The number of ether oxygens (including phenoxy) is 1. The van der Waals surface area contributed by atoms with Gasteiger partial charge in [0.25, 0.3) is 5.56 Å². The van der Waals surface area contributed by atoms with Crippen molar-refractivity contribution in [3.05, 3.63) is 106 Å². The van der Waals surface area contributed by atoms with Crippen molar-refractivity contribution < 1.29 is 4.74 Å². The number of nitrogens with zero attached hydrogens (tertiary/aromatic N) is 1. The first-order valence-corrected chi connectivity index (χ1v) is 9.40. The molecule has 0 radical (unpaired) electrons. The molecule has 0 atom stereocenters. The van der Waals surface area contributed by atoms with Crippen molar-refractivity contribution in [3.8, 4) is 5.75 Å². The van der Waals surface area contributed by atoms with Gasteiger partial charge in [-0.25, -0.2) is 5.10 Å². The number of aromatic amines is 1. The van der Waals surface area contributed by atoms with Crippen LogP contribution in [0.3, 0.4) is 0 Å². The molecule has 140 valence electrons. The highest BCUT2D eigenvalue weighted by Gasteiger charge is 2.10. The lowest BCUT2D eigenvalue weighted by molar-refractivity contribution is 0.409. The van der Waals surface area contributed by atoms with E-state index in [4.69, 9.17) is 4.74 Å². The Hall–Kier alpha value is -3.40. The van der Waals surface area contributed by atoms with E-state index in [0.717, 1.165) is 35.2 Å². The molecule has 0 spiro atoms. The Labute approximate surface area is 163 Å². The quantitative estimate of drug-likeness (QED) is 0.550. The second-order valence-corrected chi connectivity index (χ2v) is 6.85. The van der Waals surface area contributed by atoms with Crippen molar-refractivity contribution in [1.82, 2.24) is 10.2 Å². The number of fused-ring (bicyclic) bond motifs is 1. The van der Waals surface area contributed by atoms with Gasteiger partial charge in [0.15, 0.2) is 0 Å². The van der Waals surface area contributed by atoms with Crippen LogP contribution in [-0.2, 0) is 19.3 Å². The van der Waals surface area contributed by atoms with Crippen molar-refractivity contribution in [2.45, 2.75) is 19.3 Å². The van der Waals surface area contributed by atoms with Crippen molar-refractivity contribution in [2.75, 3.05) is 7.11 Å². The Bertz CT molecular complexity index is 1150. The average molecular weight is 370 g/mol. The molecule has 0 fully saturated rings. The molecule has 0 unspecified atom stereocenters. The van der Waals surface area contributed by atoms with Crippen molar-refractivity contribution >= 4 is 10.8 Å². The minimum atomic E-state index is -0.159. The Balaban J connectivity index is 1.58. The fourth-order valence-electron chi connectivity index (χ4n) is 3.53. The van der Waals surface area contributed by atoms with Gasteiger partial charge in [-0.2, -0.15) is 5.10 Å². The first-order valence-electron chi connectivity index (χ1n) is 9.40. The van der Waals surface area contributed by atoms with Gasteiger partial charge in [-0.3, -0.25) is 4.79 Å². The number of hydrogen-bond donors (Lipinski definition) is 1. The molecule has 4 aromatic rings. The monoisotopic (exact) mass is 370 g/mol. The lowest BCUT2D eigenvalue weighted by atomic mass is 9.99. The van der Waals surface area contributed by atoms with Crippen LogP contribution in [0.1, 0.15) is 22.4 Å². The van der Waals surface area contributed by atoms with E-state index in [0.29, 0.717) is 11.8 Å². The van der Waals surface area contributed by atoms with Gasteiger partial charge < -0.3 is 4.74 Å². The van der Waals surface area contributed by atoms with Gasteiger partial charge in [-0.05, 0) is 41.7 Å². The fraction of sp³-hybridized carbons (Fsp3) is 0.167. The van der Waals surface area contributed by atoms with Crippen LogP contribution in [0.5, 0.6) is 5.75 Å². The van der Waals surface area contributed by atoms with Gasteiger partial charge in [0, 0.05) is 11.8 Å². The average Bonchev–Trinajstić information content (AvgIpc) is 2.75. The molecule has 1 aromatic heterocycles. The van der Waals surface area contributed by atoms with Crippen molar-refractivity contribution in [1.29, 1.82) is 0 Å². The molecule has 0 amide bonds. The molecule has 0 aliphatic rings. The third kappa shape index (κ3) is 3.81. The van der Waals surface area contributed by atoms with Gasteiger partial charge in [0.05, 0.1) is 18.2 Å². The van der Waals surface area contributed by atoms with Crippen LogP contribution in [0.2, 0.25) is 0 Å². The van der Waals surface area contributed by atoms with Crippen LogP contribution in [0, 0.1) is 0 Å². The fourth-order valence-corrected chi connectivity index (χ4v) is 3.53. The van der Waals surface area contributed by atoms with Gasteiger partial charge in [0.1, 0.15) is 5.75 Å². The number of benzene rings is 3. The molecule has 3 aromatic carbocycles. The van der Waals surface area contributed by atoms with E-state index in [2.05, 4.69) is 52.7 Å². The van der Waals surface area contributed by atoms with Gasteiger partial charge in [-0.15, -0.1) is 0 Å². The van der Waals surface area contributed by atoms with E-state index in [1.165, 1.54) is 11.1 Å². The summed E-state index contributed by atoms with van der Waals surface area (Å²) < 4.78 is 5.64. The van der Waals surface area contributed by atoms with Gasteiger partial charge in [0.2, 0.25) is 0 Å². The van der Waals surface area contributed by atoms with Crippen LogP contribution < -0.4 is 10.3 Å².